The van der Waals surface area contributed by atoms with E-state index in [2.05, 4.69) is 21.2 Å². The average molecular weight is 312 g/mol. The van der Waals surface area contributed by atoms with Crippen molar-refractivity contribution in [2.75, 3.05) is 5.32 Å². The van der Waals surface area contributed by atoms with Gasteiger partial charge in [-0.2, -0.15) is 0 Å². The number of benzene rings is 1. The standard InChI is InChI=1S/C15H19BrFN/c16-12-5-4-11(17)10-13(12)18-14-6-9-15(14)7-2-1-3-8-15/h4-5,10,14,18H,1-3,6-9H2. The van der Waals surface area contributed by atoms with Crippen molar-refractivity contribution in [1.82, 2.24) is 0 Å². The van der Waals surface area contributed by atoms with Crippen LogP contribution in [0.25, 0.3) is 0 Å². The Bertz CT molecular complexity index is 440. The molecule has 3 heteroatoms. The Kier molecular flexibility index (Phi) is 3.35. The van der Waals surface area contributed by atoms with Crippen LogP contribution in [0, 0.1) is 11.2 Å². The van der Waals surface area contributed by atoms with Crippen LogP contribution in [0.5, 0.6) is 0 Å². The minimum absolute atomic E-state index is 0.169. The van der Waals surface area contributed by atoms with Gasteiger partial charge in [-0.05, 0) is 65.2 Å². The minimum atomic E-state index is -0.169. The van der Waals surface area contributed by atoms with Crippen LogP contribution in [0.3, 0.4) is 0 Å². The maximum absolute atomic E-state index is 13.3. The third-order valence-electron chi connectivity index (χ3n) is 4.78. The van der Waals surface area contributed by atoms with Crippen molar-refractivity contribution >= 4 is 21.6 Å². The smallest absolute Gasteiger partial charge is 0.125 e. The van der Waals surface area contributed by atoms with Crippen molar-refractivity contribution in [2.45, 2.75) is 51.0 Å². The normalized spacial score (nSPS) is 25.8. The molecule has 0 amide bonds. The first-order valence-corrected chi connectivity index (χ1v) is 7.71. The second-order valence-corrected chi connectivity index (χ2v) is 6.64. The second-order valence-electron chi connectivity index (χ2n) is 5.78. The number of rotatable bonds is 2. The van der Waals surface area contributed by atoms with Crippen LogP contribution in [0.1, 0.15) is 44.9 Å². The first kappa shape index (κ1) is 12.5. The highest BCUT2D eigenvalue weighted by atomic mass is 79.9. The Morgan fingerprint density at radius 1 is 1.17 bits per heavy atom. The zero-order valence-corrected chi connectivity index (χ0v) is 12.1. The highest BCUT2D eigenvalue weighted by Gasteiger charge is 2.46. The van der Waals surface area contributed by atoms with Crippen LogP contribution in [0.2, 0.25) is 0 Å². The Labute approximate surface area is 116 Å². The van der Waals surface area contributed by atoms with Gasteiger partial charge in [-0.25, -0.2) is 4.39 Å². The molecule has 2 fully saturated rings. The van der Waals surface area contributed by atoms with E-state index < -0.39 is 0 Å². The number of halogens is 2. The quantitative estimate of drug-likeness (QED) is 0.800. The lowest BCUT2D eigenvalue weighted by atomic mass is 9.57. The molecular formula is C15H19BrFN. The lowest BCUT2D eigenvalue weighted by Gasteiger charge is -2.52. The Morgan fingerprint density at radius 2 is 1.94 bits per heavy atom. The van der Waals surface area contributed by atoms with Gasteiger partial charge in [-0.1, -0.05) is 19.3 Å². The highest BCUT2D eigenvalue weighted by molar-refractivity contribution is 9.10. The molecule has 1 aromatic rings. The lowest BCUT2D eigenvalue weighted by molar-refractivity contribution is 0.0571. The van der Waals surface area contributed by atoms with E-state index in [1.54, 1.807) is 12.1 Å². The van der Waals surface area contributed by atoms with Gasteiger partial charge in [0.1, 0.15) is 5.82 Å². The van der Waals surface area contributed by atoms with Crippen LogP contribution in [0.4, 0.5) is 10.1 Å². The minimum Gasteiger partial charge on any atom is -0.381 e. The van der Waals surface area contributed by atoms with Crippen molar-refractivity contribution in [3.05, 3.63) is 28.5 Å². The Balaban J connectivity index is 1.74. The summed E-state index contributed by atoms with van der Waals surface area (Å²) in [4.78, 5) is 0. The summed E-state index contributed by atoms with van der Waals surface area (Å²) in [7, 11) is 0. The molecule has 1 atom stereocenters. The van der Waals surface area contributed by atoms with Gasteiger partial charge in [0.05, 0.1) is 5.69 Å². The number of hydrogen-bond donors (Lipinski definition) is 1. The number of nitrogens with one attached hydrogen (secondary N) is 1. The first-order valence-electron chi connectivity index (χ1n) is 6.91. The van der Waals surface area contributed by atoms with E-state index in [0.29, 0.717) is 11.5 Å². The summed E-state index contributed by atoms with van der Waals surface area (Å²) in [5, 5.41) is 3.56. The fourth-order valence-corrected chi connectivity index (χ4v) is 3.93. The summed E-state index contributed by atoms with van der Waals surface area (Å²) in [6.07, 6.45) is 9.37. The summed E-state index contributed by atoms with van der Waals surface area (Å²) in [5.74, 6) is -0.169. The molecule has 0 radical (unpaired) electrons. The SMILES string of the molecule is Fc1ccc(Br)c(NC2CCC23CCCCC3)c1. The maximum atomic E-state index is 13.3. The summed E-state index contributed by atoms with van der Waals surface area (Å²) >= 11 is 3.50. The van der Waals surface area contributed by atoms with Gasteiger partial charge in [-0.3, -0.25) is 0 Å². The molecule has 1 aromatic carbocycles. The van der Waals surface area contributed by atoms with Crippen LogP contribution in [0.15, 0.2) is 22.7 Å². The van der Waals surface area contributed by atoms with Gasteiger partial charge < -0.3 is 5.32 Å². The van der Waals surface area contributed by atoms with Crippen LogP contribution < -0.4 is 5.32 Å². The molecule has 1 N–H and O–H groups in total. The highest BCUT2D eigenvalue weighted by Crippen LogP contribution is 2.52. The molecule has 1 unspecified atom stereocenters. The molecule has 0 aliphatic heterocycles. The predicted octanol–water partition coefficient (Wildman–Crippen LogP) is 5.11. The topological polar surface area (TPSA) is 12.0 Å². The molecule has 0 heterocycles. The molecule has 0 aromatic heterocycles. The molecule has 1 spiro atoms. The molecule has 18 heavy (non-hydrogen) atoms. The average Bonchev–Trinajstić information content (AvgIpc) is 2.39. The zero-order valence-electron chi connectivity index (χ0n) is 10.5. The van der Waals surface area contributed by atoms with E-state index in [1.807, 2.05) is 0 Å². The van der Waals surface area contributed by atoms with Gasteiger partial charge in [0.2, 0.25) is 0 Å². The van der Waals surface area contributed by atoms with Crippen molar-refractivity contribution < 1.29 is 4.39 Å². The summed E-state index contributed by atoms with van der Waals surface area (Å²) < 4.78 is 14.3. The van der Waals surface area contributed by atoms with Crippen LogP contribution in [-0.4, -0.2) is 6.04 Å². The van der Waals surface area contributed by atoms with Gasteiger partial charge in [0, 0.05) is 10.5 Å². The van der Waals surface area contributed by atoms with E-state index in [1.165, 1.54) is 51.0 Å². The molecule has 2 saturated carbocycles. The van der Waals surface area contributed by atoms with E-state index >= 15 is 0 Å². The lowest BCUT2D eigenvalue weighted by Crippen LogP contribution is -2.50. The van der Waals surface area contributed by atoms with E-state index in [9.17, 15) is 4.39 Å². The van der Waals surface area contributed by atoms with Crippen LogP contribution in [-0.2, 0) is 0 Å². The molecule has 3 rings (SSSR count). The largest absolute Gasteiger partial charge is 0.381 e. The van der Waals surface area contributed by atoms with Gasteiger partial charge in [-0.15, -0.1) is 0 Å². The van der Waals surface area contributed by atoms with E-state index in [4.69, 9.17) is 0 Å². The monoisotopic (exact) mass is 311 g/mol. The Morgan fingerprint density at radius 3 is 2.61 bits per heavy atom. The molecule has 1 nitrogen and oxygen atoms in total. The Hall–Kier alpha value is -0.570. The number of hydrogen-bond acceptors (Lipinski definition) is 1. The molecule has 2 aliphatic rings. The number of anilines is 1. The van der Waals surface area contributed by atoms with Crippen LogP contribution >= 0.6 is 15.9 Å². The summed E-state index contributed by atoms with van der Waals surface area (Å²) in [6, 6.07) is 5.41. The van der Waals surface area contributed by atoms with Gasteiger partial charge in [0.15, 0.2) is 0 Å². The zero-order chi connectivity index (χ0) is 12.6. The van der Waals surface area contributed by atoms with E-state index in [-0.39, 0.29) is 5.82 Å². The molecule has 0 bridgehead atoms. The second kappa shape index (κ2) is 4.84. The fraction of sp³-hybridized carbons (Fsp3) is 0.600. The molecule has 2 aliphatic carbocycles. The third kappa shape index (κ3) is 2.18. The molecular weight excluding hydrogens is 293 g/mol. The van der Waals surface area contributed by atoms with Gasteiger partial charge >= 0.3 is 0 Å². The fourth-order valence-electron chi connectivity index (χ4n) is 3.57. The first-order chi connectivity index (χ1) is 8.70. The van der Waals surface area contributed by atoms with Gasteiger partial charge in [0.25, 0.3) is 0 Å². The molecule has 98 valence electrons. The summed E-state index contributed by atoms with van der Waals surface area (Å²) in [5.41, 5.74) is 1.41. The third-order valence-corrected chi connectivity index (χ3v) is 5.47. The predicted molar refractivity (Wildman–Crippen MR) is 76.3 cm³/mol. The molecule has 0 saturated heterocycles. The maximum Gasteiger partial charge on any atom is 0.125 e. The van der Waals surface area contributed by atoms with Crippen molar-refractivity contribution in [1.29, 1.82) is 0 Å². The van der Waals surface area contributed by atoms with Crippen molar-refractivity contribution in [3.8, 4) is 0 Å². The van der Waals surface area contributed by atoms with E-state index in [0.717, 1.165) is 10.2 Å². The van der Waals surface area contributed by atoms with Crippen molar-refractivity contribution in [3.63, 3.8) is 0 Å². The van der Waals surface area contributed by atoms with Crippen molar-refractivity contribution in [2.24, 2.45) is 5.41 Å². The summed E-state index contributed by atoms with van der Waals surface area (Å²) in [6.45, 7) is 0.